The SMILES string of the molecule is CC1=C(N(C)c2ccc3c(c2)oc2ccc(-n4c5ccccc5c5ccccc54)cc23)C=CCC1. The Bertz CT molecular complexity index is 1780. The van der Waals surface area contributed by atoms with Crippen molar-refractivity contribution in [3.8, 4) is 5.69 Å². The number of nitrogens with zero attached hydrogens (tertiary/aromatic N) is 2. The average Bonchev–Trinajstić information content (AvgIpc) is 3.43. The van der Waals surface area contributed by atoms with Crippen LogP contribution in [0, 0.1) is 0 Å². The predicted molar refractivity (Wildman–Crippen MR) is 148 cm³/mol. The molecule has 0 fully saturated rings. The van der Waals surface area contributed by atoms with Gasteiger partial charge in [0.05, 0.1) is 11.0 Å². The molecule has 7 rings (SSSR count). The lowest BCUT2D eigenvalue weighted by atomic mass is 10.0. The van der Waals surface area contributed by atoms with Crippen LogP contribution in [-0.2, 0) is 0 Å². The molecule has 3 heteroatoms. The van der Waals surface area contributed by atoms with Gasteiger partial charge in [0.15, 0.2) is 0 Å². The number of hydrogen-bond acceptors (Lipinski definition) is 2. The van der Waals surface area contributed by atoms with E-state index in [1.165, 1.54) is 33.1 Å². The van der Waals surface area contributed by atoms with Crippen LogP contribution in [0.4, 0.5) is 5.69 Å². The normalized spacial score (nSPS) is 14.1. The van der Waals surface area contributed by atoms with E-state index >= 15 is 0 Å². The Balaban J connectivity index is 1.39. The quantitative estimate of drug-likeness (QED) is 0.266. The summed E-state index contributed by atoms with van der Waals surface area (Å²) in [6.07, 6.45) is 6.74. The number of fused-ring (bicyclic) bond motifs is 6. The first-order valence-electron chi connectivity index (χ1n) is 12.2. The maximum absolute atomic E-state index is 6.33. The zero-order valence-corrected chi connectivity index (χ0v) is 20.0. The molecule has 2 aromatic heterocycles. The largest absolute Gasteiger partial charge is 0.456 e. The molecule has 1 aliphatic rings. The Labute approximate surface area is 204 Å². The Morgan fingerprint density at radius 1 is 0.743 bits per heavy atom. The van der Waals surface area contributed by atoms with Crippen LogP contribution in [0.5, 0.6) is 0 Å². The first-order chi connectivity index (χ1) is 17.2. The topological polar surface area (TPSA) is 21.3 Å². The van der Waals surface area contributed by atoms with Crippen molar-refractivity contribution in [2.75, 3.05) is 11.9 Å². The van der Waals surface area contributed by atoms with Gasteiger partial charge in [-0.05, 0) is 73.9 Å². The monoisotopic (exact) mass is 454 g/mol. The number of benzene rings is 4. The molecule has 0 aliphatic heterocycles. The van der Waals surface area contributed by atoms with E-state index in [1.807, 2.05) is 0 Å². The van der Waals surface area contributed by atoms with Crippen molar-refractivity contribution < 1.29 is 4.42 Å². The summed E-state index contributed by atoms with van der Waals surface area (Å²) in [6, 6.07) is 30.4. The van der Waals surface area contributed by atoms with E-state index in [0.717, 1.165) is 46.2 Å². The second-order valence-corrected chi connectivity index (χ2v) is 9.50. The Kier molecular flexibility index (Phi) is 4.40. The molecule has 4 aromatic carbocycles. The number of furan rings is 1. The molecule has 0 amide bonds. The summed E-state index contributed by atoms with van der Waals surface area (Å²) < 4.78 is 8.69. The van der Waals surface area contributed by atoms with Crippen molar-refractivity contribution in [2.45, 2.75) is 19.8 Å². The van der Waals surface area contributed by atoms with E-state index in [-0.39, 0.29) is 0 Å². The van der Waals surface area contributed by atoms with Gasteiger partial charge in [-0.15, -0.1) is 0 Å². The number of para-hydroxylation sites is 2. The van der Waals surface area contributed by atoms with Crippen molar-refractivity contribution >= 4 is 49.4 Å². The molecule has 0 unspecified atom stereocenters. The van der Waals surface area contributed by atoms with Crippen molar-refractivity contribution in [3.05, 3.63) is 108 Å². The van der Waals surface area contributed by atoms with Crippen LogP contribution in [-0.4, -0.2) is 11.6 Å². The summed E-state index contributed by atoms with van der Waals surface area (Å²) in [5, 5.41) is 4.83. The van der Waals surface area contributed by atoms with Gasteiger partial charge < -0.3 is 13.9 Å². The third-order valence-corrected chi connectivity index (χ3v) is 7.42. The molecule has 0 bridgehead atoms. The van der Waals surface area contributed by atoms with Crippen molar-refractivity contribution in [1.82, 2.24) is 4.57 Å². The number of allylic oxidation sites excluding steroid dienone is 3. The fourth-order valence-corrected chi connectivity index (χ4v) is 5.60. The first kappa shape index (κ1) is 20.2. The second-order valence-electron chi connectivity index (χ2n) is 9.50. The van der Waals surface area contributed by atoms with Crippen LogP contribution < -0.4 is 4.90 Å². The smallest absolute Gasteiger partial charge is 0.137 e. The fourth-order valence-electron chi connectivity index (χ4n) is 5.60. The molecule has 6 aromatic rings. The summed E-state index contributed by atoms with van der Waals surface area (Å²) in [7, 11) is 2.14. The summed E-state index contributed by atoms with van der Waals surface area (Å²) >= 11 is 0. The van der Waals surface area contributed by atoms with Crippen LogP contribution in [0.3, 0.4) is 0 Å². The van der Waals surface area contributed by atoms with Crippen LogP contribution in [0.15, 0.2) is 113 Å². The van der Waals surface area contributed by atoms with Gasteiger partial charge in [-0.2, -0.15) is 0 Å². The van der Waals surface area contributed by atoms with Crippen molar-refractivity contribution in [3.63, 3.8) is 0 Å². The van der Waals surface area contributed by atoms with E-state index in [0.29, 0.717) is 0 Å². The highest BCUT2D eigenvalue weighted by Gasteiger charge is 2.16. The second kappa shape index (κ2) is 7.64. The van der Waals surface area contributed by atoms with Crippen molar-refractivity contribution in [1.29, 1.82) is 0 Å². The standard InChI is InChI=1S/C32H26N2O/c1-21-9-3-6-12-28(21)33(2)22-15-17-26-27-19-23(16-18-31(27)35-32(26)20-22)34-29-13-7-4-10-24(29)25-11-5-8-14-30(25)34/h4-8,10-20H,3,9H2,1-2H3. The average molecular weight is 455 g/mol. The molecule has 0 radical (unpaired) electrons. The predicted octanol–water partition coefficient (Wildman–Crippen LogP) is 8.74. The van der Waals surface area contributed by atoms with Crippen molar-refractivity contribution in [2.24, 2.45) is 0 Å². The number of aromatic nitrogens is 1. The Morgan fingerprint density at radius 2 is 1.49 bits per heavy atom. The molecule has 2 heterocycles. The minimum Gasteiger partial charge on any atom is -0.456 e. The summed E-state index contributed by atoms with van der Waals surface area (Å²) in [5.41, 5.74) is 9.25. The van der Waals surface area contributed by atoms with E-state index < -0.39 is 0 Å². The molecule has 1 aliphatic carbocycles. The fraction of sp³-hybridized carbons (Fsp3) is 0.125. The van der Waals surface area contributed by atoms with Crippen LogP contribution >= 0.6 is 0 Å². The van der Waals surface area contributed by atoms with Crippen LogP contribution in [0.25, 0.3) is 49.4 Å². The molecule has 0 saturated carbocycles. The van der Waals surface area contributed by atoms with Gasteiger partial charge in [0.25, 0.3) is 0 Å². The lowest BCUT2D eigenvalue weighted by Gasteiger charge is -2.25. The summed E-state index contributed by atoms with van der Waals surface area (Å²) in [6.45, 7) is 2.23. The minimum absolute atomic E-state index is 0.914. The molecule has 0 saturated heterocycles. The van der Waals surface area contributed by atoms with Gasteiger partial charge in [-0.25, -0.2) is 0 Å². The molecule has 35 heavy (non-hydrogen) atoms. The van der Waals surface area contributed by atoms with E-state index in [4.69, 9.17) is 4.42 Å². The molecule has 3 nitrogen and oxygen atoms in total. The van der Waals surface area contributed by atoms with E-state index in [1.54, 1.807) is 0 Å². The third kappa shape index (κ3) is 3.05. The molecule has 170 valence electrons. The van der Waals surface area contributed by atoms with E-state index in [9.17, 15) is 0 Å². The van der Waals surface area contributed by atoms with Gasteiger partial charge in [-0.3, -0.25) is 0 Å². The first-order valence-corrected chi connectivity index (χ1v) is 12.2. The Hall–Kier alpha value is -4.24. The lowest BCUT2D eigenvalue weighted by Crippen LogP contribution is -2.17. The van der Waals surface area contributed by atoms with Gasteiger partial charge >= 0.3 is 0 Å². The molecular formula is C32H26N2O. The molecule has 0 spiro atoms. The summed E-state index contributed by atoms with van der Waals surface area (Å²) in [5.74, 6) is 0. The maximum Gasteiger partial charge on any atom is 0.137 e. The van der Waals surface area contributed by atoms with Gasteiger partial charge in [-0.1, -0.05) is 42.5 Å². The van der Waals surface area contributed by atoms with E-state index in [2.05, 4.69) is 121 Å². The number of anilines is 1. The highest BCUT2D eigenvalue weighted by atomic mass is 16.3. The van der Waals surface area contributed by atoms with Gasteiger partial charge in [0.2, 0.25) is 0 Å². The zero-order valence-electron chi connectivity index (χ0n) is 20.0. The number of likely N-dealkylation sites (N-methyl/N-ethyl adjacent to an activating group) is 1. The zero-order chi connectivity index (χ0) is 23.5. The number of rotatable bonds is 3. The van der Waals surface area contributed by atoms with Crippen LogP contribution in [0.1, 0.15) is 19.8 Å². The minimum atomic E-state index is 0.914. The number of hydrogen-bond donors (Lipinski definition) is 0. The summed E-state index contributed by atoms with van der Waals surface area (Å²) in [4.78, 5) is 2.27. The highest BCUT2D eigenvalue weighted by Crippen LogP contribution is 2.37. The Morgan fingerprint density at radius 3 is 2.23 bits per heavy atom. The molecule has 0 atom stereocenters. The lowest BCUT2D eigenvalue weighted by molar-refractivity contribution is 0.669. The third-order valence-electron chi connectivity index (χ3n) is 7.42. The molecule has 0 N–H and O–H groups in total. The van der Waals surface area contributed by atoms with Gasteiger partial charge in [0, 0.05) is 51.7 Å². The highest BCUT2D eigenvalue weighted by molar-refractivity contribution is 6.10. The maximum atomic E-state index is 6.33. The molecular weight excluding hydrogens is 428 g/mol. The van der Waals surface area contributed by atoms with Crippen LogP contribution in [0.2, 0.25) is 0 Å². The van der Waals surface area contributed by atoms with Gasteiger partial charge in [0.1, 0.15) is 11.2 Å².